The monoisotopic (exact) mass is 216 g/mol. The lowest BCUT2D eigenvalue weighted by Gasteiger charge is -2.02. The van der Waals surface area contributed by atoms with E-state index in [1.807, 2.05) is 0 Å². The number of unbranched alkanes of at least 4 members (excludes halogenated alkanes) is 6. The van der Waals surface area contributed by atoms with E-state index in [1.54, 1.807) is 0 Å². The minimum atomic E-state index is -0.783. The second-order valence-electron chi connectivity index (χ2n) is 3.88. The molecule has 0 heterocycles. The Hall–Kier alpha value is -0.570. The van der Waals surface area contributed by atoms with Crippen LogP contribution >= 0.6 is 0 Å². The van der Waals surface area contributed by atoms with Crippen LogP contribution in [-0.2, 0) is 9.53 Å². The Labute approximate surface area is 92.8 Å². The number of rotatable bonds is 11. The third kappa shape index (κ3) is 13.4. The summed E-state index contributed by atoms with van der Waals surface area (Å²) in [4.78, 5) is 10.2. The van der Waals surface area contributed by atoms with Crippen LogP contribution in [0.4, 0.5) is 0 Å². The lowest BCUT2D eigenvalue weighted by Crippen LogP contribution is -2.03. The van der Waals surface area contributed by atoms with Crippen molar-refractivity contribution in [2.24, 2.45) is 0 Å². The maximum absolute atomic E-state index is 10.2. The number of aliphatic carboxylic acids is 1. The van der Waals surface area contributed by atoms with Gasteiger partial charge in [-0.25, -0.2) is 0 Å². The quantitative estimate of drug-likeness (QED) is 0.539. The summed E-state index contributed by atoms with van der Waals surface area (Å²) in [6.07, 6.45) is 8.97. The molecule has 15 heavy (non-hydrogen) atoms. The highest BCUT2D eigenvalue weighted by atomic mass is 16.5. The second kappa shape index (κ2) is 11.5. The first-order chi connectivity index (χ1) is 7.27. The van der Waals surface area contributed by atoms with Crippen LogP contribution < -0.4 is 0 Å². The largest absolute Gasteiger partial charge is 0.481 e. The molecule has 0 aliphatic heterocycles. The molecule has 0 radical (unpaired) electrons. The molecule has 0 aliphatic carbocycles. The van der Waals surface area contributed by atoms with Gasteiger partial charge in [-0.05, 0) is 6.42 Å². The van der Waals surface area contributed by atoms with Gasteiger partial charge in [-0.15, -0.1) is 0 Å². The first kappa shape index (κ1) is 14.4. The van der Waals surface area contributed by atoms with Gasteiger partial charge in [0.25, 0.3) is 0 Å². The minimum Gasteiger partial charge on any atom is -0.481 e. The van der Waals surface area contributed by atoms with Crippen LogP contribution in [0, 0.1) is 0 Å². The zero-order valence-electron chi connectivity index (χ0n) is 9.83. The summed E-state index contributed by atoms with van der Waals surface area (Å²) < 4.78 is 5.19. The van der Waals surface area contributed by atoms with Crippen molar-refractivity contribution in [3.05, 3.63) is 0 Å². The average molecular weight is 216 g/mol. The van der Waals surface area contributed by atoms with Gasteiger partial charge in [0.1, 0.15) is 0 Å². The van der Waals surface area contributed by atoms with E-state index < -0.39 is 5.97 Å². The zero-order chi connectivity index (χ0) is 11.4. The number of carboxylic acids is 1. The zero-order valence-corrected chi connectivity index (χ0v) is 9.83. The number of hydrogen-bond acceptors (Lipinski definition) is 2. The number of hydrogen-bond donors (Lipinski definition) is 1. The van der Waals surface area contributed by atoms with Gasteiger partial charge in [-0.2, -0.15) is 0 Å². The van der Waals surface area contributed by atoms with E-state index in [4.69, 9.17) is 9.84 Å². The molecule has 0 atom stereocenters. The van der Waals surface area contributed by atoms with Gasteiger partial charge >= 0.3 is 5.97 Å². The summed E-state index contributed by atoms with van der Waals surface area (Å²) in [5.74, 6) is -0.783. The van der Waals surface area contributed by atoms with Crippen molar-refractivity contribution >= 4 is 5.97 Å². The van der Waals surface area contributed by atoms with Crippen LogP contribution in [0.15, 0.2) is 0 Å². The molecule has 0 aromatic heterocycles. The van der Waals surface area contributed by atoms with E-state index >= 15 is 0 Å². The van der Waals surface area contributed by atoms with Crippen LogP contribution in [-0.4, -0.2) is 24.3 Å². The van der Waals surface area contributed by atoms with Crippen molar-refractivity contribution < 1.29 is 14.6 Å². The van der Waals surface area contributed by atoms with Crippen LogP contribution in [0.5, 0.6) is 0 Å². The molecule has 3 nitrogen and oxygen atoms in total. The molecule has 0 bridgehead atoms. The van der Waals surface area contributed by atoms with E-state index in [1.165, 1.54) is 38.5 Å². The molecule has 0 spiro atoms. The van der Waals surface area contributed by atoms with E-state index in [0.717, 1.165) is 6.42 Å². The van der Waals surface area contributed by atoms with E-state index in [-0.39, 0.29) is 6.42 Å². The lowest BCUT2D eigenvalue weighted by atomic mass is 10.1. The van der Waals surface area contributed by atoms with E-state index in [2.05, 4.69) is 6.92 Å². The topological polar surface area (TPSA) is 46.5 Å². The second-order valence-corrected chi connectivity index (χ2v) is 3.88. The predicted octanol–water partition coefficient (Wildman–Crippen LogP) is 3.23. The van der Waals surface area contributed by atoms with Gasteiger partial charge in [-0.3, -0.25) is 4.79 Å². The van der Waals surface area contributed by atoms with Crippen molar-refractivity contribution in [3.8, 4) is 0 Å². The Balaban J connectivity index is 2.89. The molecule has 0 aliphatic rings. The lowest BCUT2D eigenvalue weighted by molar-refractivity contribution is -0.138. The molecule has 1 N–H and O–H groups in total. The molecule has 0 rings (SSSR count). The first-order valence-corrected chi connectivity index (χ1v) is 6.07. The highest BCUT2D eigenvalue weighted by molar-refractivity contribution is 5.66. The van der Waals surface area contributed by atoms with Crippen molar-refractivity contribution in [1.29, 1.82) is 0 Å². The normalized spacial score (nSPS) is 10.5. The molecule has 0 aromatic carbocycles. The highest BCUT2D eigenvalue weighted by Gasteiger charge is 1.96. The van der Waals surface area contributed by atoms with Crippen molar-refractivity contribution in [3.63, 3.8) is 0 Å². The molecular formula is C12H24O3. The highest BCUT2D eigenvalue weighted by Crippen LogP contribution is 2.06. The Morgan fingerprint density at radius 3 is 2.20 bits per heavy atom. The fraction of sp³-hybridized carbons (Fsp3) is 0.917. The van der Waals surface area contributed by atoms with Gasteiger partial charge in [0, 0.05) is 6.61 Å². The molecule has 0 unspecified atom stereocenters. The summed E-state index contributed by atoms with van der Waals surface area (Å²) in [5.41, 5.74) is 0. The Morgan fingerprint density at radius 1 is 1.00 bits per heavy atom. The third-order valence-corrected chi connectivity index (χ3v) is 2.35. The van der Waals surface area contributed by atoms with Crippen molar-refractivity contribution in [1.82, 2.24) is 0 Å². The number of carbonyl (C=O) groups is 1. The number of carboxylic acid groups (broad SMARTS) is 1. The maximum Gasteiger partial charge on any atom is 0.305 e. The van der Waals surface area contributed by atoms with Gasteiger partial charge in [0.2, 0.25) is 0 Å². The summed E-state index contributed by atoms with van der Waals surface area (Å²) in [5, 5.41) is 8.36. The van der Waals surface area contributed by atoms with Gasteiger partial charge in [0.15, 0.2) is 0 Å². The molecule has 0 fully saturated rings. The van der Waals surface area contributed by atoms with Crippen molar-refractivity contribution in [2.75, 3.05) is 13.2 Å². The van der Waals surface area contributed by atoms with Gasteiger partial charge < -0.3 is 9.84 Å². The molecule has 90 valence electrons. The standard InChI is InChI=1S/C12H24O3/c1-2-3-4-5-6-7-8-10-15-11-9-12(13)14/h2-11H2,1H3,(H,13,14). The fourth-order valence-electron chi connectivity index (χ4n) is 1.42. The van der Waals surface area contributed by atoms with E-state index in [0.29, 0.717) is 13.2 Å². The minimum absolute atomic E-state index is 0.122. The van der Waals surface area contributed by atoms with E-state index in [9.17, 15) is 4.79 Å². The summed E-state index contributed by atoms with van der Waals surface area (Å²) in [6, 6.07) is 0. The van der Waals surface area contributed by atoms with Gasteiger partial charge in [-0.1, -0.05) is 45.4 Å². The summed E-state index contributed by atoms with van der Waals surface area (Å²) >= 11 is 0. The smallest absolute Gasteiger partial charge is 0.305 e. The molecule has 0 aromatic rings. The molecule has 0 saturated heterocycles. The Morgan fingerprint density at radius 2 is 1.60 bits per heavy atom. The summed E-state index contributed by atoms with van der Waals surface area (Å²) in [7, 11) is 0. The van der Waals surface area contributed by atoms with Crippen LogP contribution in [0.3, 0.4) is 0 Å². The molecule has 3 heteroatoms. The Bertz CT molecular complexity index is 146. The van der Waals surface area contributed by atoms with Crippen LogP contribution in [0.1, 0.15) is 58.3 Å². The molecule has 0 amide bonds. The predicted molar refractivity (Wildman–Crippen MR) is 61.1 cm³/mol. The summed E-state index contributed by atoms with van der Waals surface area (Å²) in [6.45, 7) is 3.28. The molecule has 0 saturated carbocycles. The third-order valence-electron chi connectivity index (χ3n) is 2.35. The maximum atomic E-state index is 10.2. The van der Waals surface area contributed by atoms with Gasteiger partial charge in [0.05, 0.1) is 13.0 Å². The average Bonchev–Trinajstić information content (AvgIpc) is 2.20. The Kier molecular flexibility index (Phi) is 11.1. The van der Waals surface area contributed by atoms with Crippen LogP contribution in [0.25, 0.3) is 0 Å². The SMILES string of the molecule is CCCCCCCCCOCCC(=O)O. The fourth-order valence-corrected chi connectivity index (χ4v) is 1.42. The number of ether oxygens (including phenoxy) is 1. The first-order valence-electron chi connectivity index (χ1n) is 6.07. The van der Waals surface area contributed by atoms with Crippen LogP contribution in [0.2, 0.25) is 0 Å². The molecular weight excluding hydrogens is 192 g/mol. The van der Waals surface area contributed by atoms with Crippen molar-refractivity contribution in [2.45, 2.75) is 58.3 Å².